The summed E-state index contributed by atoms with van der Waals surface area (Å²) < 4.78 is 85.7. The Morgan fingerprint density at radius 2 is 1.73 bits per heavy atom. The molecular weight excluding hydrogens is 589 g/mol. The van der Waals surface area contributed by atoms with E-state index in [9.17, 15) is 26.4 Å². The van der Waals surface area contributed by atoms with Gasteiger partial charge in [0.2, 0.25) is 10.0 Å². The highest BCUT2D eigenvalue weighted by Gasteiger charge is 2.40. The number of hydrogen-bond donors (Lipinski definition) is 2. The summed E-state index contributed by atoms with van der Waals surface area (Å²) in [6, 6.07) is 15.4. The predicted molar refractivity (Wildman–Crippen MR) is 143 cm³/mol. The molecule has 1 heterocycles. The summed E-state index contributed by atoms with van der Waals surface area (Å²) in [6.07, 6.45) is -5.48. The molecule has 0 spiro atoms. The van der Waals surface area contributed by atoms with Crippen LogP contribution < -0.4 is 24.2 Å². The van der Waals surface area contributed by atoms with Gasteiger partial charge < -0.3 is 14.2 Å². The number of nitrogens with zero attached hydrogens (tertiary/aromatic N) is 2. The third-order valence-electron chi connectivity index (χ3n) is 5.62. The summed E-state index contributed by atoms with van der Waals surface area (Å²) in [7, 11) is -1.16. The van der Waals surface area contributed by atoms with E-state index in [1.807, 2.05) is 0 Å². The first-order chi connectivity index (χ1) is 19.4. The number of aromatic nitrogens is 2. The Labute approximate surface area is 237 Å². The summed E-state index contributed by atoms with van der Waals surface area (Å²) in [4.78, 5) is 12.3. The van der Waals surface area contributed by atoms with Gasteiger partial charge in [-0.25, -0.2) is 22.6 Å². The Bertz CT molecular complexity index is 1660. The molecule has 4 rings (SSSR count). The van der Waals surface area contributed by atoms with E-state index in [0.717, 1.165) is 12.3 Å². The lowest BCUT2D eigenvalue weighted by molar-refractivity contribution is -0.143. The lowest BCUT2D eigenvalue weighted by Crippen LogP contribution is -2.24. The van der Waals surface area contributed by atoms with Gasteiger partial charge in [0.25, 0.3) is 0 Å². The molecular formula is C26H22ClF3N4O6S. The van der Waals surface area contributed by atoms with Crippen LogP contribution in [0.1, 0.15) is 11.3 Å². The smallest absolute Gasteiger partial charge is 0.437 e. The number of halogens is 4. The largest absolute Gasteiger partial charge is 0.497 e. The first-order valence-corrected chi connectivity index (χ1v) is 13.5. The number of benzene rings is 3. The van der Waals surface area contributed by atoms with Crippen LogP contribution in [0.3, 0.4) is 0 Å². The van der Waals surface area contributed by atoms with Gasteiger partial charge in [0.05, 0.1) is 31.0 Å². The fraction of sp³-hybridized carbons (Fsp3) is 0.154. The van der Waals surface area contributed by atoms with E-state index in [2.05, 4.69) is 15.1 Å². The third-order valence-corrected chi connectivity index (χ3v) is 7.27. The maximum atomic E-state index is 13.9. The number of ether oxygens (including phenoxy) is 3. The third kappa shape index (κ3) is 7.09. The summed E-state index contributed by atoms with van der Waals surface area (Å²) in [6.45, 7) is -0.118. The number of carbonyl (C=O) groups excluding carboxylic acids is 1. The molecule has 0 radical (unpaired) electrons. The number of carbonyl (C=O) groups is 1. The molecule has 0 aliphatic carbocycles. The molecule has 0 atom stereocenters. The lowest BCUT2D eigenvalue weighted by atomic mass is 10.2. The van der Waals surface area contributed by atoms with Crippen molar-refractivity contribution in [2.45, 2.75) is 17.6 Å². The second kappa shape index (κ2) is 12.1. The maximum absolute atomic E-state index is 13.9. The van der Waals surface area contributed by atoms with E-state index in [4.69, 9.17) is 25.8 Å². The normalized spacial score (nSPS) is 11.7. The molecule has 0 saturated carbocycles. The number of hydrogen-bond acceptors (Lipinski definition) is 7. The average molecular weight is 611 g/mol. The average Bonchev–Trinajstić information content (AvgIpc) is 3.36. The molecule has 0 aliphatic heterocycles. The van der Waals surface area contributed by atoms with Crippen LogP contribution in [0.4, 0.5) is 23.7 Å². The second-order valence-corrected chi connectivity index (χ2v) is 10.5. The number of alkyl halides is 3. The molecule has 1 aromatic heterocycles. The van der Waals surface area contributed by atoms with Crippen molar-refractivity contribution in [3.63, 3.8) is 0 Å². The van der Waals surface area contributed by atoms with Gasteiger partial charge in [-0.15, -0.1) is 0 Å². The summed E-state index contributed by atoms with van der Waals surface area (Å²) >= 11 is 5.81. The minimum Gasteiger partial charge on any atom is -0.497 e. The maximum Gasteiger partial charge on any atom is 0.437 e. The van der Waals surface area contributed by atoms with E-state index in [1.165, 1.54) is 56.7 Å². The predicted octanol–water partition coefficient (Wildman–Crippen LogP) is 5.65. The van der Waals surface area contributed by atoms with Crippen molar-refractivity contribution < 1.29 is 40.6 Å². The van der Waals surface area contributed by atoms with E-state index < -0.39 is 33.7 Å². The van der Waals surface area contributed by atoms with Crippen LogP contribution in [0.5, 0.6) is 17.2 Å². The highest BCUT2D eigenvalue weighted by molar-refractivity contribution is 7.89. The van der Waals surface area contributed by atoms with Crippen LogP contribution in [0, 0.1) is 0 Å². The number of sulfonamides is 1. The molecule has 41 heavy (non-hydrogen) atoms. The van der Waals surface area contributed by atoms with Crippen molar-refractivity contribution in [1.29, 1.82) is 0 Å². The zero-order valence-electron chi connectivity index (χ0n) is 21.4. The molecule has 15 heteroatoms. The Hall–Kier alpha value is -4.27. The van der Waals surface area contributed by atoms with Gasteiger partial charge in [-0.1, -0.05) is 23.7 Å². The molecule has 0 fully saturated rings. The Balaban J connectivity index is 1.49. The molecule has 1 amide bonds. The highest BCUT2D eigenvalue weighted by Crippen LogP contribution is 2.38. The fourth-order valence-electron chi connectivity index (χ4n) is 3.68. The fourth-order valence-corrected chi connectivity index (χ4v) is 4.86. The standard InChI is InChI=1S/C26H22ClF3N4O6S/c1-38-20-11-6-16(22(13-20)39-2)14-32-41(36,37)21-5-3-4-18(12-21)33-25(35)40-23-15-31-34(24(23)26(28,29)30)19-9-7-17(27)8-10-19/h3-13,15,32H,14H2,1-2H3,(H,33,35). The molecule has 4 aromatic rings. The number of anilines is 1. The Morgan fingerprint density at radius 3 is 2.39 bits per heavy atom. The molecule has 0 aliphatic rings. The topological polar surface area (TPSA) is 121 Å². The van der Waals surface area contributed by atoms with Gasteiger partial charge in [-0.05, 0) is 48.5 Å². The highest BCUT2D eigenvalue weighted by atomic mass is 35.5. The number of methoxy groups -OCH3 is 2. The van der Waals surface area contributed by atoms with Crippen molar-refractivity contribution in [3.8, 4) is 22.9 Å². The molecule has 216 valence electrons. The van der Waals surface area contributed by atoms with Gasteiger partial charge in [-0.3, -0.25) is 5.32 Å². The van der Waals surface area contributed by atoms with Crippen LogP contribution in [0.25, 0.3) is 5.69 Å². The zero-order chi connectivity index (χ0) is 29.8. The van der Waals surface area contributed by atoms with Crippen LogP contribution in [-0.2, 0) is 22.7 Å². The quantitative estimate of drug-likeness (QED) is 0.251. The summed E-state index contributed by atoms with van der Waals surface area (Å²) in [5, 5.41) is 6.25. The number of amides is 1. The minimum atomic E-state index is -4.93. The van der Waals surface area contributed by atoms with E-state index in [0.29, 0.717) is 26.8 Å². The van der Waals surface area contributed by atoms with Crippen LogP contribution in [0.2, 0.25) is 5.02 Å². The molecule has 10 nitrogen and oxygen atoms in total. The lowest BCUT2D eigenvalue weighted by Gasteiger charge is -2.13. The van der Waals surface area contributed by atoms with Crippen molar-refractivity contribution in [2.24, 2.45) is 0 Å². The van der Waals surface area contributed by atoms with Crippen molar-refractivity contribution in [3.05, 3.63) is 89.2 Å². The summed E-state index contributed by atoms with van der Waals surface area (Å²) in [5.74, 6) is 0.0745. The van der Waals surface area contributed by atoms with Crippen LogP contribution in [-0.4, -0.2) is 38.5 Å². The zero-order valence-corrected chi connectivity index (χ0v) is 23.0. The molecule has 3 aromatic carbocycles. The second-order valence-electron chi connectivity index (χ2n) is 8.29. The van der Waals surface area contributed by atoms with Crippen molar-refractivity contribution in [2.75, 3.05) is 19.5 Å². The number of rotatable bonds is 9. The van der Waals surface area contributed by atoms with Gasteiger partial charge >= 0.3 is 12.3 Å². The molecule has 0 saturated heterocycles. The van der Waals surface area contributed by atoms with Gasteiger partial charge in [0, 0.05) is 28.9 Å². The van der Waals surface area contributed by atoms with E-state index in [1.54, 1.807) is 18.2 Å². The molecule has 2 N–H and O–H groups in total. The molecule has 0 unspecified atom stereocenters. The van der Waals surface area contributed by atoms with Crippen molar-refractivity contribution in [1.82, 2.24) is 14.5 Å². The summed E-state index contributed by atoms with van der Waals surface area (Å²) in [5.41, 5.74) is -0.799. The Kier molecular flexibility index (Phi) is 8.75. The van der Waals surface area contributed by atoms with E-state index in [-0.39, 0.29) is 22.8 Å². The number of nitrogens with one attached hydrogen (secondary N) is 2. The van der Waals surface area contributed by atoms with Gasteiger partial charge in [0.1, 0.15) is 11.5 Å². The molecule has 0 bridgehead atoms. The SMILES string of the molecule is COc1ccc(CNS(=O)(=O)c2cccc(NC(=O)Oc3cnn(-c4ccc(Cl)cc4)c3C(F)(F)F)c2)c(OC)c1. The first kappa shape index (κ1) is 29.7. The van der Waals surface area contributed by atoms with Gasteiger partial charge in [-0.2, -0.15) is 18.3 Å². The van der Waals surface area contributed by atoms with Crippen molar-refractivity contribution >= 4 is 33.4 Å². The minimum absolute atomic E-state index is 0.0367. The monoisotopic (exact) mass is 610 g/mol. The van der Waals surface area contributed by atoms with E-state index >= 15 is 0 Å². The van der Waals surface area contributed by atoms with Gasteiger partial charge in [0.15, 0.2) is 11.4 Å². The first-order valence-electron chi connectivity index (χ1n) is 11.6. The van der Waals surface area contributed by atoms with Crippen LogP contribution >= 0.6 is 11.6 Å². The Morgan fingerprint density at radius 1 is 1.00 bits per heavy atom. The van der Waals surface area contributed by atoms with Crippen LogP contribution in [0.15, 0.2) is 77.8 Å².